The summed E-state index contributed by atoms with van der Waals surface area (Å²) in [6.45, 7) is 2.19. The highest BCUT2D eigenvalue weighted by atomic mass is 79.9. The van der Waals surface area contributed by atoms with Crippen LogP contribution in [-0.2, 0) is 4.74 Å². The van der Waals surface area contributed by atoms with Gasteiger partial charge in [0.1, 0.15) is 11.9 Å². The Morgan fingerprint density at radius 1 is 1.41 bits per heavy atom. The summed E-state index contributed by atoms with van der Waals surface area (Å²) in [5, 5.41) is 28.7. The monoisotopic (exact) mass is 304 g/mol. The molecule has 3 N–H and O–H groups in total. The number of aromatic hydroxyl groups is 1. The van der Waals surface area contributed by atoms with Crippen molar-refractivity contribution in [1.82, 2.24) is 0 Å². The third-order valence-electron chi connectivity index (χ3n) is 2.45. The fourth-order valence-electron chi connectivity index (χ4n) is 1.64. The van der Waals surface area contributed by atoms with Crippen molar-refractivity contribution in [3.05, 3.63) is 28.2 Å². The Morgan fingerprint density at radius 3 is 2.71 bits per heavy atom. The second-order valence-electron chi connectivity index (χ2n) is 3.65. The van der Waals surface area contributed by atoms with Crippen molar-refractivity contribution < 1.29 is 20.1 Å². The van der Waals surface area contributed by atoms with E-state index in [1.54, 1.807) is 12.1 Å². The molecule has 0 aromatic heterocycles. The molecule has 0 heterocycles. The van der Waals surface area contributed by atoms with Crippen LogP contribution in [0.15, 0.2) is 22.7 Å². The van der Waals surface area contributed by atoms with Crippen LogP contribution in [-0.4, -0.2) is 34.6 Å². The molecule has 5 heteroatoms. The molecule has 0 aliphatic rings. The third-order valence-corrected chi connectivity index (χ3v) is 2.95. The van der Waals surface area contributed by atoms with Crippen molar-refractivity contribution in [2.75, 3.05) is 13.2 Å². The van der Waals surface area contributed by atoms with Crippen molar-refractivity contribution >= 4 is 15.9 Å². The molecule has 0 amide bonds. The molecule has 1 aromatic carbocycles. The maximum atomic E-state index is 10.1. The fraction of sp³-hybridized carbons (Fsp3) is 0.500. The van der Waals surface area contributed by atoms with Gasteiger partial charge in [-0.3, -0.25) is 0 Å². The van der Waals surface area contributed by atoms with Crippen LogP contribution in [0.4, 0.5) is 0 Å². The molecule has 0 saturated carbocycles. The van der Waals surface area contributed by atoms with Gasteiger partial charge in [0.2, 0.25) is 0 Å². The zero-order valence-electron chi connectivity index (χ0n) is 9.64. The maximum Gasteiger partial charge on any atom is 0.121 e. The fourth-order valence-corrected chi connectivity index (χ4v) is 2.02. The van der Waals surface area contributed by atoms with E-state index in [0.717, 1.165) is 4.47 Å². The molecule has 0 spiro atoms. The largest absolute Gasteiger partial charge is 0.508 e. The van der Waals surface area contributed by atoms with E-state index in [9.17, 15) is 10.2 Å². The molecule has 4 nitrogen and oxygen atoms in total. The van der Waals surface area contributed by atoms with Crippen LogP contribution < -0.4 is 0 Å². The lowest BCUT2D eigenvalue weighted by molar-refractivity contribution is -0.0456. The van der Waals surface area contributed by atoms with Crippen molar-refractivity contribution in [2.45, 2.75) is 25.6 Å². The predicted molar refractivity (Wildman–Crippen MR) is 67.9 cm³/mol. The van der Waals surface area contributed by atoms with Crippen molar-refractivity contribution in [3.63, 3.8) is 0 Å². The highest BCUT2D eigenvalue weighted by molar-refractivity contribution is 9.10. The molecule has 0 aliphatic heterocycles. The average Bonchev–Trinajstić information content (AvgIpc) is 2.31. The molecule has 0 unspecified atom stereocenters. The molecule has 17 heavy (non-hydrogen) atoms. The van der Waals surface area contributed by atoms with Crippen molar-refractivity contribution in [1.29, 1.82) is 0 Å². The number of ether oxygens (including phenoxy) is 1. The SMILES string of the molecule is CCO[C@H](CCO)[C@H](O)c1cc(Br)ccc1O. The predicted octanol–water partition coefficient (Wildman–Crippen LogP) is 1.98. The van der Waals surface area contributed by atoms with E-state index < -0.39 is 12.2 Å². The lowest BCUT2D eigenvalue weighted by atomic mass is 10.0. The molecule has 1 rings (SSSR count). The van der Waals surface area contributed by atoms with Crippen LogP contribution in [0.3, 0.4) is 0 Å². The van der Waals surface area contributed by atoms with Crippen LogP contribution >= 0.6 is 15.9 Å². The molecule has 0 radical (unpaired) electrons. The Morgan fingerprint density at radius 2 is 2.12 bits per heavy atom. The van der Waals surface area contributed by atoms with Crippen molar-refractivity contribution in [3.8, 4) is 5.75 Å². The molecule has 2 atom stereocenters. The van der Waals surface area contributed by atoms with Gasteiger partial charge < -0.3 is 20.1 Å². The number of rotatable bonds is 6. The first kappa shape index (κ1) is 14.4. The first-order chi connectivity index (χ1) is 8.10. The van der Waals surface area contributed by atoms with E-state index in [-0.39, 0.29) is 12.4 Å². The zero-order valence-corrected chi connectivity index (χ0v) is 11.2. The van der Waals surface area contributed by atoms with Gasteiger partial charge in [-0.25, -0.2) is 0 Å². The van der Waals surface area contributed by atoms with Crippen LogP contribution in [0.1, 0.15) is 25.0 Å². The van der Waals surface area contributed by atoms with Gasteiger partial charge in [-0.1, -0.05) is 15.9 Å². The molecule has 0 saturated heterocycles. The first-order valence-electron chi connectivity index (χ1n) is 5.49. The second-order valence-corrected chi connectivity index (χ2v) is 4.57. The number of benzene rings is 1. The number of hydrogen-bond acceptors (Lipinski definition) is 4. The average molecular weight is 305 g/mol. The van der Waals surface area contributed by atoms with E-state index in [4.69, 9.17) is 9.84 Å². The molecule has 1 aromatic rings. The highest BCUT2D eigenvalue weighted by Gasteiger charge is 2.23. The smallest absolute Gasteiger partial charge is 0.121 e. The van der Waals surface area contributed by atoms with Crippen LogP contribution in [0.2, 0.25) is 0 Å². The zero-order chi connectivity index (χ0) is 12.8. The Balaban J connectivity index is 2.91. The summed E-state index contributed by atoms with van der Waals surface area (Å²) >= 11 is 3.28. The highest BCUT2D eigenvalue weighted by Crippen LogP contribution is 2.31. The minimum Gasteiger partial charge on any atom is -0.508 e. The van der Waals surface area contributed by atoms with Gasteiger partial charge in [-0.05, 0) is 31.5 Å². The van der Waals surface area contributed by atoms with Gasteiger partial charge in [0, 0.05) is 23.2 Å². The summed E-state index contributed by atoms with van der Waals surface area (Å²) in [6.07, 6.45) is -1.16. The lowest BCUT2D eigenvalue weighted by Crippen LogP contribution is -2.23. The third kappa shape index (κ3) is 3.96. The Kier molecular flexibility index (Phi) is 5.91. The molecular formula is C12H17BrO4. The van der Waals surface area contributed by atoms with Gasteiger partial charge >= 0.3 is 0 Å². The van der Waals surface area contributed by atoms with E-state index in [1.807, 2.05) is 6.92 Å². The summed E-state index contributed by atoms with van der Waals surface area (Å²) in [7, 11) is 0. The minimum atomic E-state index is -0.959. The standard InChI is InChI=1S/C12H17BrO4/c1-2-17-11(5-6-14)12(16)9-7-8(13)3-4-10(9)15/h3-4,7,11-12,14-16H,2,5-6H2,1H3/t11-,12-/m1/s1. The van der Waals surface area contributed by atoms with E-state index >= 15 is 0 Å². The minimum absolute atomic E-state index is 0.0170. The van der Waals surface area contributed by atoms with Crippen LogP contribution in [0.5, 0.6) is 5.75 Å². The number of phenols is 1. The number of hydrogen-bond donors (Lipinski definition) is 3. The van der Waals surface area contributed by atoms with Gasteiger partial charge in [0.15, 0.2) is 0 Å². The normalized spacial score (nSPS) is 14.6. The molecule has 0 bridgehead atoms. The number of phenolic OH excluding ortho intramolecular Hbond substituents is 1. The molecule has 0 aliphatic carbocycles. The summed E-state index contributed by atoms with van der Waals surface area (Å²) in [4.78, 5) is 0. The van der Waals surface area contributed by atoms with Gasteiger partial charge in [0.05, 0.1) is 6.10 Å². The first-order valence-corrected chi connectivity index (χ1v) is 6.28. The van der Waals surface area contributed by atoms with Crippen molar-refractivity contribution in [2.24, 2.45) is 0 Å². The molecule has 96 valence electrons. The van der Waals surface area contributed by atoms with Crippen LogP contribution in [0.25, 0.3) is 0 Å². The summed E-state index contributed by atoms with van der Waals surface area (Å²) in [5.41, 5.74) is 0.395. The quantitative estimate of drug-likeness (QED) is 0.751. The van der Waals surface area contributed by atoms with Gasteiger partial charge in [-0.2, -0.15) is 0 Å². The van der Waals surface area contributed by atoms with Crippen LogP contribution in [0, 0.1) is 0 Å². The summed E-state index contributed by atoms with van der Waals surface area (Å²) in [5.74, 6) is 0.0170. The van der Waals surface area contributed by atoms with E-state index in [2.05, 4.69) is 15.9 Å². The summed E-state index contributed by atoms with van der Waals surface area (Å²) in [6, 6.07) is 4.83. The Labute approximate surface area is 109 Å². The summed E-state index contributed by atoms with van der Waals surface area (Å²) < 4.78 is 6.12. The van der Waals surface area contributed by atoms with Gasteiger partial charge in [-0.15, -0.1) is 0 Å². The Bertz CT molecular complexity index is 350. The number of halogens is 1. The Hall–Kier alpha value is -0.620. The number of aliphatic hydroxyl groups is 2. The number of aliphatic hydroxyl groups excluding tert-OH is 2. The topological polar surface area (TPSA) is 69.9 Å². The maximum absolute atomic E-state index is 10.1. The van der Waals surface area contributed by atoms with E-state index in [0.29, 0.717) is 18.6 Å². The van der Waals surface area contributed by atoms with Gasteiger partial charge in [0.25, 0.3) is 0 Å². The second kappa shape index (κ2) is 6.96. The lowest BCUT2D eigenvalue weighted by Gasteiger charge is -2.23. The molecule has 0 fully saturated rings. The van der Waals surface area contributed by atoms with E-state index in [1.165, 1.54) is 6.07 Å². The molecular weight excluding hydrogens is 288 g/mol.